The molecule has 0 aromatic heterocycles. The molecule has 1 atom stereocenters. The van der Waals surface area contributed by atoms with E-state index in [1.807, 2.05) is 43.0 Å². The lowest BCUT2D eigenvalue weighted by Crippen LogP contribution is -2.47. The van der Waals surface area contributed by atoms with Crippen LogP contribution in [0.25, 0.3) is 0 Å². The second-order valence-corrected chi connectivity index (χ2v) is 6.56. The topological polar surface area (TPSA) is 35.6 Å². The van der Waals surface area contributed by atoms with Crippen molar-refractivity contribution in [2.75, 3.05) is 31.5 Å². The quantitative estimate of drug-likeness (QED) is 0.839. The summed E-state index contributed by atoms with van der Waals surface area (Å²) < 4.78 is 0. The van der Waals surface area contributed by atoms with E-state index in [1.54, 1.807) is 0 Å². The number of benzene rings is 1. The molecule has 1 aliphatic heterocycles. The monoisotopic (exact) mass is 353 g/mol. The SMILES string of the molecule is CCN(CC)C(=O)[C@@H]1CCCN(C(=S)Nc2ccc(Cl)cc2)C1. The Morgan fingerprint density at radius 3 is 2.61 bits per heavy atom. The summed E-state index contributed by atoms with van der Waals surface area (Å²) in [5.74, 6) is 0.280. The third kappa shape index (κ3) is 4.82. The van der Waals surface area contributed by atoms with E-state index in [-0.39, 0.29) is 11.8 Å². The highest BCUT2D eigenvalue weighted by molar-refractivity contribution is 7.80. The van der Waals surface area contributed by atoms with Crippen LogP contribution >= 0.6 is 23.8 Å². The van der Waals surface area contributed by atoms with Crippen LogP contribution in [0.3, 0.4) is 0 Å². The largest absolute Gasteiger partial charge is 0.348 e. The summed E-state index contributed by atoms with van der Waals surface area (Å²) in [4.78, 5) is 16.5. The van der Waals surface area contributed by atoms with Crippen LogP contribution in [0.2, 0.25) is 5.02 Å². The molecule has 23 heavy (non-hydrogen) atoms. The van der Waals surface area contributed by atoms with Gasteiger partial charge >= 0.3 is 0 Å². The molecule has 0 unspecified atom stereocenters. The summed E-state index contributed by atoms with van der Waals surface area (Å²) in [6.45, 7) is 7.15. The number of likely N-dealkylation sites (tertiary alicyclic amines) is 1. The van der Waals surface area contributed by atoms with Crippen LogP contribution in [0, 0.1) is 5.92 Å². The van der Waals surface area contributed by atoms with Gasteiger partial charge in [-0.1, -0.05) is 11.6 Å². The highest BCUT2D eigenvalue weighted by atomic mass is 35.5. The van der Waals surface area contributed by atoms with E-state index in [0.717, 1.165) is 38.2 Å². The summed E-state index contributed by atoms with van der Waals surface area (Å²) in [7, 11) is 0. The van der Waals surface area contributed by atoms with E-state index < -0.39 is 0 Å². The second kappa shape index (κ2) is 8.50. The van der Waals surface area contributed by atoms with E-state index >= 15 is 0 Å². The van der Waals surface area contributed by atoms with E-state index in [0.29, 0.717) is 16.7 Å². The summed E-state index contributed by atoms with van der Waals surface area (Å²) in [6, 6.07) is 7.46. The Hall–Kier alpha value is -1.33. The fourth-order valence-electron chi connectivity index (χ4n) is 2.89. The molecule has 6 heteroatoms. The van der Waals surface area contributed by atoms with Gasteiger partial charge in [0.1, 0.15) is 0 Å². The van der Waals surface area contributed by atoms with Crippen molar-refractivity contribution in [1.82, 2.24) is 9.80 Å². The van der Waals surface area contributed by atoms with Crippen molar-refractivity contribution in [3.63, 3.8) is 0 Å². The van der Waals surface area contributed by atoms with E-state index in [1.165, 1.54) is 0 Å². The molecule has 4 nitrogen and oxygen atoms in total. The van der Waals surface area contributed by atoms with Crippen LogP contribution in [0.4, 0.5) is 5.69 Å². The predicted molar refractivity (Wildman–Crippen MR) is 99.9 cm³/mol. The number of nitrogens with zero attached hydrogens (tertiary/aromatic N) is 2. The van der Waals surface area contributed by atoms with Crippen molar-refractivity contribution in [2.24, 2.45) is 5.92 Å². The number of thiocarbonyl (C=S) groups is 1. The molecule has 1 N–H and O–H groups in total. The lowest BCUT2D eigenvalue weighted by molar-refractivity contribution is -0.136. The van der Waals surface area contributed by atoms with Crippen LogP contribution in [-0.2, 0) is 4.79 Å². The maximum absolute atomic E-state index is 12.5. The fraction of sp³-hybridized carbons (Fsp3) is 0.529. The van der Waals surface area contributed by atoms with E-state index in [9.17, 15) is 4.79 Å². The molecule has 1 aliphatic rings. The number of piperidine rings is 1. The molecule has 1 aromatic rings. The molecule has 0 saturated carbocycles. The second-order valence-electron chi connectivity index (χ2n) is 5.73. The number of hydrogen-bond acceptors (Lipinski definition) is 2. The Bertz CT molecular complexity index is 545. The predicted octanol–water partition coefficient (Wildman–Crippen LogP) is 3.62. The highest BCUT2D eigenvalue weighted by Gasteiger charge is 2.29. The van der Waals surface area contributed by atoms with Gasteiger partial charge in [-0.3, -0.25) is 4.79 Å². The summed E-state index contributed by atoms with van der Waals surface area (Å²) >= 11 is 11.4. The van der Waals surface area contributed by atoms with Crippen molar-refractivity contribution >= 4 is 40.5 Å². The maximum Gasteiger partial charge on any atom is 0.227 e. The van der Waals surface area contributed by atoms with Gasteiger partial charge in [-0.05, 0) is 63.2 Å². The molecule has 1 aromatic carbocycles. The fourth-order valence-corrected chi connectivity index (χ4v) is 3.30. The zero-order chi connectivity index (χ0) is 16.8. The lowest BCUT2D eigenvalue weighted by Gasteiger charge is -2.36. The Kier molecular flexibility index (Phi) is 6.66. The van der Waals surface area contributed by atoms with Gasteiger partial charge in [0.25, 0.3) is 0 Å². The van der Waals surface area contributed by atoms with Gasteiger partial charge in [-0.2, -0.15) is 0 Å². The Balaban J connectivity index is 1.96. The first-order valence-electron chi connectivity index (χ1n) is 8.15. The number of carbonyl (C=O) groups excluding carboxylic acids is 1. The Morgan fingerprint density at radius 1 is 1.35 bits per heavy atom. The standard InChI is InChI=1S/C17H24ClN3OS/c1-3-20(4-2)16(22)13-6-5-11-21(12-13)17(23)19-15-9-7-14(18)8-10-15/h7-10,13H,3-6,11-12H2,1-2H3,(H,19,23)/t13-/m1/s1. The first-order chi connectivity index (χ1) is 11.0. The molecule has 0 spiro atoms. The average Bonchev–Trinajstić information content (AvgIpc) is 2.58. The number of nitrogens with one attached hydrogen (secondary N) is 1. The lowest BCUT2D eigenvalue weighted by atomic mass is 9.96. The molecule has 126 valence electrons. The third-order valence-corrected chi connectivity index (χ3v) is 4.84. The summed E-state index contributed by atoms with van der Waals surface area (Å²) in [5, 5.41) is 4.60. The molecule has 0 aliphatic carbocycles. The van der Waals surface area contributed by atoms with Gasteiger partial charge in [0.2, 0.25) is 5.91 Å². The summed E-state index contributed by atoms with van der Waals surface area (Å²) in [6.07, 6.45) is 1.93. The number of carbonyl (C=O) groups is 1. The molecule has 1 amide bonds. The maximum atomic E-state index is 12.5. The Morgan fingerprint density at radius 2 is 2.00 bits per heavy atom. The van der Waals surface area contributed by atoms with Crippen molar-refractivity contribution in [3.05, 3.63) is 29.3 Å². The minimum absolute atomic E-state index is 0.0358. The van der Waals surface area contributed by atoms with Crippen molar-refractivity contribution in [1.29, 1.82) is 0 Å². The van der Waals surface area contributed by atoms with Crippen LogP contribution in [0.15, 0.2) is 24.3 Å². The molecule has 2 rings (SSSR count). The van der Waals surface area contributed by atoms with E-state index in [4.69, 9.17) is 23.8 Å². The Labute approximate surface area is 148 Å². The van der Waals surface area contributed by atoms with Gasteiger partial charge in [0.05, 0.1) is 5.92 Å². The van der Waals surface area contributed by atoms with Crippen molar-refractivity contribution < 1.29 is 4.79 Å². The van der Waals surface area contributed by atoms with Gasteiger partial charge < -0.3 is 15.1 Å². The molecular weight excluding hydrogens is 330 g/mol. The zero-order valence-corrected chi connectivity index (χ0v) is 15.3. The molecule has 0 bridgehead atoms. The van der Waals surface area contributed by atoms with Crippen LogP contribution in [-0.4, -0.2) is 47.0 Å². The van der Waals surface area contributed by atoms with Crippen LogP contribution < -0.4 is 5.32 Å². The first kappa shape index (κ1) is 18.0. The molecule has 0 radical (unpaired) electrons. The molecular formula is C17H24ClN3OS. The van der Waals surface area contributed by atoms with Gasteiger partial charge in [0, 0.05) is 36.9 Å². The van der Waals surface area contributed by atoms with Crippen LogP contribution in [0.1, 0.15) is 26.7 Å². The van der Waals surface area contributed by atoms with Crippen molar-refractivity contribution in [2.45, 2.75) is 26.7 Å². The minimum Gasteiger partial charge on any atom is -0.348 e. The number of halogens is 1. The molecule has 1 saturated heterocycles. The van der Waals surface area contributed by atoms with Crippen molar-refractivity contribution in [3.8, 4) is 0 Å². The van der Waals surface area contributed by atoms with Gasteiger partial charge in [-0.25, -0.2) is 0 Å². The highest BCUT2D eigenvalue weighted by Crippen LogP contribution is 2.20. The molecule has 1 heterocycles. The number of anilines is 1. The minimum atomic E-state index is 0.0358. The average molecular weight is 354 g/mol. The normalized spacial score (nSPS) is 17.7. The number of amides is 1. The van der Waals surface area contributed by atoms with Gasteiger partial charge in [-0.15, -0.1) is 0 Å². The van der Waals surface area contributed by atoms with Gasteiger partial charge in [0.15, 0.2) is 5.11 Å². The number of rotatable bonds is 4. The zero-order valence-electron chi connectivity index (χ0n) is 13.7. The smallest absolute Gasteiger partial charge is 0.227 e. The van der Waals surface area contributed by atoms with Crippen LogP contribution in [0.5, 0.6) is 0 Å². The third-order valence-electron chi connectivity index (χ3n) is 4.23. The number of hydrogen-bond donors (Lipinski definition) is 1. The molecule has 1 fully saturated rings. The summed E-state index contributed by atoms with van der Waals surface area (Å²) in [5.41, 5.74) is 0.914. The van der Waals surface area contributed by atoms with E-state index in [2.05, 4.69) is 10.2 Å². The first-order valence-corrected chi connectivity index (χ1v) is 8.94.